The Bertz CT molecular complexity index is 451. The number of carbonyl (C=O) groups is 1. The lowest BCUT2D eigenvalue weighted by Gasteiger charge is -2.10. The van der Waals surface area contributed by atoms with Gasteiger partial charge in [0.15, 0.2) is 0 Å². The molecule has 0 spiro atoms. The van der Waals surface area contributed by atoms with E-state index in [0.717, 1.165) is 0 Å². The van der Waals surface area contributed by atoms with E-state index < -0.39 is 0 Å². The number of pyridine rings is 1. The van der Waals surface area contributed by atoms with Crippen LogP contribution in [0.25, 0.3) is 0 Å². The smallest absolute Gasteiger partial charge is 0.251 e. The van der Waals surface area contributed by atoms with E-state index in [1.54, 1.807) is 13.0 Å². The maximum Gasteiger partial charge on any atom is 0.251 e. The van der Waals surface area contributed by atoms with Gasteiger partial charge in [0.05, 0.1) is 0 Å². The van der Waals surface area contributed by atoms with Crippen LogP contribution in [0.1, 0.15) is 6.92 Å². The van der Waals surface area contributed by atoms with Gasteiger partial charge in [0, 0.05) is 24.0 Å². The van der Waals surface area contributed by atoms with Crippen LogP contribution >= 0.6 is 0 Å². The molecule has 1 aromatic rings. The molecule has 0 aromatic carbocycles. The molecular weight excluding hydrogens is 206 g/mol. The summed E-state index contributed by atoms with van der Waals surface area (Å²) in [7, 11) is 0. The van der Waals surface area contributed by atoms with Crippen molar-refractivity contribution in [3.05, 3.63) is 41.3 Å². The van der Waals surface area contributed by atoms with Crippen LogP contribution in [0.3, 0.4) is 0 Å². The highest BCUT2D eigenvalue weighted by Crippen LogP contribution is 1.95. The van der Waals surface area contributed by atoms with E-state index in [1.165, 1.54) is 22.9 Å². The number of nitrogens with one attached hydrogen (secondary N) is 1. The van der Waals surface area contributed by atoms with Crippen molar-refractivity contribution in [2.75, 3.05) is 5.73 Å². The summed E-state index contributed by atoms with van der Waals surface area (Å²) < 4.78 is 1.26. The van der Waals surface area contributed by atoms with Gasteiger partial charge < -0.3 is 15.6 Å². The molecule has 1 atom stereocenters. The van der Waals surface area contributed by atoms with Crippen molar-refractivity contribution in [2.24, 2.45) is 0 Å². The number of aromatic nitrogens is 1. The van der Waals surface area contributed by atoms with Gasteiger partial charge in [-0.2, -0.15) is 0 Å². The van der Waals surface area contributed by atoms with Gasteiger partial charge in [-0.15, -0.1) is 6.58 Å². The monoisotopic (exact) mass is 221 g/mol. The highest BCUT2D eigenvalue weighted by molar-refractivity contribution is 5.76. The Morgan fingerprint density at radius 2 is 2.38 bits per heavy atom. The highest BCUT2D eigenvalue weighted by Gasteiger charge is 2.06. The van der Waals surface area contributed by atoms with E-state index >= 15 is 0 Å². The van der Waals surface area contributed by atoms with E-state index in [0.29, 0.717) is 5.69 Å². The summed E-state index contributed by atoms with van der Waals surface area (Å²) in [4.78, 5) is 22.9. The van der Waals surface area contributed by atoms with Crippen LogP contribution in [0.4, 0.5) is 5.69 Å². The van der Waals surface area contributed by atoms with Gasteiger partial charge in [-0.05, 0) is 13.0 Å². The molecule has 0 radical (unpaired) electrons. The molecule has 1 rings (SSSR count). The minimum Gasteiger partial charge on any atom is -0.398 e. The van der Waals surface area contributed by atoms with E-state index in [1.807, 2.05) is 0 Å². The van der Waals surface area contributed by atoms with Crippen molar-refractivity contribution in [3.8, 4) is 0 Å². The fourth-order valence-electron chi connectivity index (χ4n) is 1.19. The molecule has 0 aliphatic carbocycles. The Hall–Kier alpha value is -2.04. The normalized spacial score (nSPS) is 11.8. The predicted molar refractivity (Wildman–Crippen MR) is 62.9 cm³/mol. The third-order valence-electron chi connectivity index (χ3n) is 2.06. The summed E-state index contributed by atoms with van der Waals surface area (Å²) in [6.07, 6.45) is 3.06. The number of nitrogens with zero attached hydrogens (tertiary/aromatic N) is 1. The molecule has 1 heterocycles. The van der Waals surface area contributed by atoms with Crippen molar-refractivity contribution in [3.63, 3.8) is 0 Å². The van der Waals surface area contributed by atoms with E-state index in [4.69, 9.17) is 5.73 Å². The van der Waals surface area contributed by atoms with Gasteiger partial charge in [-0.3, -0.25) is 9.59 Å². The Morgan fingerprint density at radius 1 is 1.69 bits per heavy atom. The fraction of sp³-hybridized carbons (Fsp3) is 0.273. The molecule has 0 fully saturated rings. The molecule has 1 amide bonds. The average molecular weight is 221 g/mol. The molecule has 1 aromatic heterocycles. The first kappa shape index (κ1) is 12.0. The van der Waals surface area contributed by atoms with Crippen molar-refractivity contribution in [2.45, 2.75) is 19.5 Å². The van der Waals surface area contributed by atoms with E-state index in [9.17, 15) is 9.59 Å². The number of anilines is 1. The number of rotatable bonds is 4. The first-order valence-corrected chi connectivity index (χ1v) is 4.91. The third-order valence-corrected chi connectivity index (χ3v) is 2.06. The topological polar surface area (TPSA) is 77.1 Å². The standard InChI is InChI=1S/C11H15N3O2/c1-3-8(2)13-10(15)7-14-6-9(12)4-5-11(14)16/h3-6,8H,1,7,12H2,2H3,(H,13,15). The maximum absolute atomic E-state index is 11.5. The summed E-state index contributed by atoms with van der Waals surface area (Å²) in [5.41, 5.74) is 5.72. The zero-order valence-corrected chi connectivity index (χ0v) is 9.14. The molecule has 0 aliphatic rings. The Morgan fingerprint density at radius 3 is 3.00 bits per heavy atom. The van der Waals surface area contributed by atoms with Crippen molar-refractivity contribution >= 4 is 11.6 Å². The first-order valence-electron chi connectivity index (χ1n) is 4.91. The minimum absolute atomic E-state index is 0.0396. The zero-order valence-electron chi connectivity index (χ0n) is 9.14. The lowest BCUT2D eigenvalue weighted by Crippen LogP contribution is -2.36. The molecule has 86 valence electrons. The molecule has 0 aliphatic heterocycles. The second-order valence-electron chi connectivity index (χ2n) is 3.52. The number of hydrogen-bond acceptors (Lipinski definition) is 3. The SMILES string of the molecule is C=CC(C)NC(=O)Cn1cc(N)ccc1=O. The molecule has 3 N–H and O–H groups in total. The third kappa shape index (κ3) is 3.27. The number of hydrogen-bond donors (Lipinski definition) is 2. The summed E-state index contributed by atoms with van der Waals surface area (Å²) in [6, 6.07) is 2.71. The van der Waals surface area contributed by atoms with Gasteiger partial charge in [0.25, 0.3) is 5.56 Å². The summed E-state index contributed by atoms with van der Waals surface area (Å²) in [5.74, 6) is -0.250. The second-order valence-corrected chi connectivity index (χ2v) is 3.52. The molecule has 5 nitrogen and oxygen atoms in total. The van der Waals surface area contributed by atoms with Crippen LogP contribution in [0.2, 0.25) is 0 Å². The van der Waals surface area contributed by atoms with Crippen LogP contribution in [0.15, 0.2) is 35.8 Å². The summed E-state index contributed by atoms with van der Waals surface area (Å²) >= 11 is 0. The lowest BCUT2D eigenvalue weighted by atomic mass is 10.3. The maximum atomic E-state index is 11.5. The van der Waals surface area contributed by atoms with Crippen LogP contribution < -0.4 is 16.6 Å². The molecule has 0 bridgehead atoms. The molecular formula is C11H15N3O2. The highest BCUT2D eigenvalue weighted by atomic mass is 16.2. The lowest BCUT2D eigenvalue weighted by molar-refractivity contribution is -0.122. The van der Waals surface area contributed by atoms with Crippen LogP contribution in [0.5, 0.6) is 0 Å². The van der Waals surface area contributed by atoms with E-state index in [2.05, 4.69) is 11.9 Å². The number of carbonyl (C=O) groups excluding carboxylic acids is 1. The molecule has 5 heteroatoms. The fourth-order valence-corrected chi connectivity index (χ4v) is 1.19. The van der Waals surface area contributed by atoms with Gasteiger partial charge in [0.2, 0.25) is 5.91 Å². The number of nitrogens with two attached hydrogens (primary N) is 1. The van der Waals surface area contributed by atoms with Crippen molar-refractivity contribution in [1.29, 1.82) is 0 Å². The van der Waals surface area contributed by atoms with Crippen LogP contribution in [0, 0.1) is 0 Å². The predicted octanol–water partition coefficient (Wildman–Crippen LogP) is 0.121. The van der Waals surface area contributed by atoms with Gasteiger partial charge in [-0.1, -0.05) is 6.08 Å². The quantitative estimate of drug-likeness (QED) is 0.709. The van der Waals surface area contributed by atoms with Crippen molar-refractivity contribution < 1.29 is 4.79 Å². The molecule has 1 unspecified atom stereocenters. The zero-order chi connectivity index (χ0) is 12.1. The molecule has 16 heavy (non-hydrogen) atoms. The van der Waals surface area contributed by atoms with Gasteiger partial charge in [0.1, 0.15) is 6.54 Å². The van der Waals surface area contributed by atoms with Crippen LogP contribution in [-0.4, -0.2) is 16.5 Å². The number of nitrogen functional groups attached to an aromatic ring is 1. The summed E-state index contributed by atoms with van der Waals surface area (Å²) in [5, 5.41) is 2.67. The minimum atomic E-state index is -0.254. The molecule has 0 saturated heterocycles. The van der Waals surface area contributed by atoms with E-state index in [-0.39, 0.29) is 24.1 Å². The largest absolute Gasteiger partial charge is 0.398 e. The van der Waals surface area contributed by atoms with Crippen molar-refractivity contribution in [1.82, 2.24) is 9.88 Å². The molecule has 0 saturated carbocycles. The van der Waals surface area contributed by atoms with Gasteiger partial charge >= 0.3 is 0 Å². The first-order chi connectivity index (χ1) is 7.52. The Kier molecular flexibility index (Phi) is 3.88. The van der Waals surface area contributed by atoms with Gasteiger partial charge in [-0.25, -0.2) is 0 Å². The average Bonchev–Trinajstić information content (AvgIpc) is 2.23. The number of amides is 1. The van der Waals surface area contributed by atoms with Crippen LogP contribution in [-0.2, 0) is 11.3 Å². The second kappa shape index (κ2) is 5.16. The summed E-state index contributed by atoms with van der Waals surface area (Å²) in [6.45, 7) is 5.31. The Balaban J connectivity index is 2.73. The Labute approximate surface area is 93.6 Å².